The van der Waals surface area contributed by atoms with Gasteiger partial charge in [0, 0.05) is 24.4 Å². The van der Waals surface area contributed by atoms with Gasteiger partial charge in [0.1, 0.15) is 0 Å². The van der Waals surface area contributed by atoms with Crippen molar-refractivity contribution >= 4 is 11.4 Å². The molecule has 21 heavy (non-hydrogen) atoms. The summed E-state index contributed by atoms with van der Waals surface area (Å²) in [6, 6.07) is 2.81. The Morgan fingerprint density at radius 3 is 2.43 bits per heavy atom. The highest BCUT2D eigenvalue weighted by atomic mass is 19.4. The molecule has 0 radical (unpaired) electrons. The van der Waals surface area contributed by atoms with E-state index in [1.165, 1.54) is 0 Å². The topological polar surface area (TPSA) is 55.2 Å². The first-order valence-corrected chi connectivity index (χ1v) is 6.75. The molecule has 7 heteroatoms. The lowest BCUT2D eigenvalue weighted by molar-refractivity contribution is -0.385. The van der Waals surface area contributed by atoms with E-state index in [0.29, 0.717) is 18.5 Å². The maximum absolute atomic E-state index is 13.0. The number of nitro benzene ring substituents is 1. The number of anilines is 1. The van der Waals surface area contributed by atoms with Gasteiger partial charge in [0.25, 0.3) is 5.69 Å². The molecule has 1 N–H and O–H groups in total. The Morgan fingerprint density at radius 2 is 2.00 bits per heavy atom. The molecule has 1 aromatic carbocycles. The van der Waals surface area contributed by atoms with Crippen LogP contribution < -0.4 is 5.32 Å². The monoisotopic (exact) mass is 302 g/mol. The molecule has 1 aromatic rings. The number of nitro groups is 1. The standard InChI is InChI=1S/C14H17F3N2O2/c1-9(2)13(5-6-13)8-18-12-4-3-10(19(20)21)7-11(12)14(15,16)17/h3-4,7,9,18H,5-6,8H2,1-2H3. The quantitative estimate of drug-likeness (QED) is 0.645. The van der Waals surface area contributed by atoms with Crippen LogP contribution in [0.3, 0.4) is 0 Å². The number of alkyl halides is 3. The number of halogens is 3. The summed E-state index contributed by atoms with van der Waals surface area (Å²) in [7, 11) is 0. The first kappa shape index (κ1) is 15.6. The van der Waals surface area contributed by atoms with Crippen molar-refractivity contribution in [3.05, 3.63) is 33.9 Å². The van der Waals surface area contributed by atoms with Crippen LogP contribution in [0.5, 0.6) is 0 Å². The van der Waals surface area contributed by atoms with Gasteiger partial charge in [-0.05, 0) is 30.2 Å². The van der Waals surface area contributed by atoms with Crippen LogP contribution in [0.1, 0.15) is 32.3 Å². The Hall–Kier alpha value is -1.79. The highest BCUT2D eigenvalue weighted by Gasteiger charge is 2.45. The predicted octanol–water partition coefficient (Wildman–Crippen LogP) is 4.46. The SMILES string of the molecule is CC(C)C1(CNc2ccc([N+](=O)[O-])cc2C(F)(F)F)CC1. The predicted molar refractivity (Wildman–Crippen MR) is 73.1 cm³/mol. The molecule has 116 valence electrons. The molecule has 0 aromatic heterocycles. The minimum Gasteiger partial charge on any atom is -0.384 e. The zero-order chi connectivity index (χ0) is 15.8. The molecule has 2 rings (SSSR count). The first-order chi connectivity index (χ1) is 9.66. The highest BCUT2D eigenvalue weighted by molar-refractivity contribution is 5.57. The molecule has 0 aliphatic heterocycles. The summed E-state index contributed by atoms with van der Waals surface area (Å²) in [5.41, 5.74) is -1.60. The first-order valence-electron chi connectivity index (χ1n) is 6.75. The van der Waals surface area contributed by atoms with Crippen LogP contribution >= 0.6 is 0 Å². The van der Waals surface area contributed by atoms with E-state index in [-0.39, 0.29) is 11.1 Å². The van der Waals surface area contributed by atoms with Gasteiger partial charge in [0.15, 0.2) is 0 Å². The van der Waals surface area contributed by atoms with E-state index in [1.54, 1.807) is 0 Å². The molecule has 1 saturated carbocycles. The Bertz CT molecular complexity index is 552. The number of rotatable bonds is 5. The van der Waals surface area contributed by atoms with Gasteiger partial charge in [-0.25, -0.2) is 0 Å². The van der Waals surface area contributed by atoms with Crippen LogP contribution in [-0.4, -0.2) is 11.5 Å². The number of benzene rings is 1. The molecule has 0 saturated heterocycles. The normalized spacial score (nSPS) is 16.9. The summed E-state index contributed by atoms with van der Waals surface area (Å²) in [6.45, 7) is 4.55. The molecular weight excluding hydrogens is 285 g/mol. The Labute approximate surface area is 120 Å². The fraction of sp³-hybridized carbons (Fsp3) is 0.571. The van der Waals surface area contributed by atoms with E-state index in [2.05, 4.69) is 19.2 Å². The fourth-order valence-corrected chi connectivity index (χ4v) is 2.42. The Balaban J connectivity index is 2.24. The van der Waals surface area contributed by atoms with Crippen LogP contribution in [0, 0.1) is 21.4 Å². The van der Waals surface area contributed by atoms with E-state index in [4.69, 9.17) is 0 Å². The Kier molecular flexibility index (Phi) is 3.86. The third-order valence-electron chi connectivity index (χ3n) is 4.27. The van der Waals surface area contributed by atoms with Crippen LogP contribution in [0.25, 0.3) is 0 Å². The molecule has 0 unspecified atom stereocenters. The molecule has 1 aliphatic rings. The van der Waals surface area contributed by atoms with Gasteiger partial charge in [-0.15, -0.1) is 0 Å². The summed E-state index contributed by atoms with van der Waals surface area (Å²) in [4.78, 5) is 9.80. The zero-order valence-corrected chi connectivity index (χ0v) is 11.8. The van der Waals surface area contributed by atoms with Crippen molar-refractivity contribution in [2.75, 3.05) is 11.9 Å². The molecule has 0 amide bonds. The molecule has 1 fully saturated rings. The summed E-state index contributed by atoms with van der Waals surface area (Å²) in [6.07, 6.45) is -2.64. The number of non-ortho nitro benzene ring substituents is 1. The lowest BCUT2D eigenvalue weighted by atomic mass is 9.92. The lowest BCUT2D eigenvalue weighted by Gasteiger charge is -2.22. The largest absolute Gasteiger partial charge is 0.418 e. The molecule has 0 bridgehead atoms. The van der Waals surface area contributed by atoms with Crippen molar-refractivity contribution in [3.8, 4) is 0 Å². The van der Waals surface area contributed by atoms with Crippen molar-refractivity contribution in [2.45, 2.75) is 32.9 Å². The fourth-order valence-electron chi connectivity index (χ4n) is 2.42. The summed E-state index contributed by atoms with van der Waals surface area (Å²) in [5.74, 6) is 0.386. The van der Waals surface area contributed by atoms with Crippen molar-refractivity contribution in [3.63, 3.8) is 0 Å². The molecule has 0 atom stereocenters. The maximum Gasteiger partial charge on any atom is 0.418 e. The van der Waals surface area contributed by atoms with Gasteiger partial charge in [-0.2, -0.15) is 13.2 Å². The third kappa shape index (κ3) is 3.28. The van der Waals surface area contributed by atoms with Crippen molar-refractivity contribution in [2.24, 2.45) is 11.3 Å². The minimum atomic E-state index is -4.62. The summed E-state index contributed by atoms with van der Waals surface area (Å²) >= 11 is 0. The maximum atomic E-state index is 13.0. The van der Waals surface area contributed by atoms with Gasteiger partial charge in [0.05, 0.1) is 10.5 Å². The van der Waals surface area contributed by atoms with Gasteiger partial charge in [-0.3, -0.25) is 10.1 Å². The van der Waals surface area contributed by atoms with Crippen LogP contribution in [-0.2, 0) is 6.18 Å². The van der Waals surface area contributed by atoms with Gasteiger partial charge in [-0.1, -0.05) is 13.8 Å². The number of nitrogens with zero attached hydrogens (tertiary/aromatic N) is 1. The van der Waals surface area contributed by atoms with Crippen molar-refractivity contribution in [1.29, 1.82) is 0 Å². The van der Waals surface area contributed by atoms with E-state index in [0.717, 1.165) is 25.0 Å². The van der Waals surface area contributed by atoms with E-state index >= 15 is 0 Å². The highest BCUT2D eigenvalue weighted by Crippen LogP contribution is 2.52. The van der Waals surface area contributed by atoms with Gasteiger partial charge in [0.2, 0.25) is 0 Å². The third-order valence-corrected chi connectivity index (χ3v) is 4.27. The summed E-state index contributed by atoms with van der Waals surface area (Å²) < 4.78 is 39.1. The lowest BCUT2D eigenvalue weighted by Crippen LogP contribution is -2.22. The summed E-state index contributed by atoms with van der Waals surface area (Å²) in [5, 5.41) is 13.5. The second-order valence-corrected chi connectivity index (χ2v) is 5.86. The van der Waals surface area contributed by atoms with E-state index < -0.39 is 22.4 Å². The van der Waals surface area contributed by atoms with E-state index in [1.807, 2.05) is 0 Å². The average molecular weight is 302 g/mol. The molecular formula is C14H17F3N2O2. The van der Waals surface area contributed by atoms with Crippen LogP contribution in [0.4, 0.5) is 24.5 Å². The minimum absolute atomic E-state index is 0.0463. The van der Waals surface area contributed by atoms with Gasteiger partial charge >= 0.3 is 6.18 Å². The molecule has 4 nitrogen and oxygen atoms in total. The second-order valence-electron chi connectivity index (χ2n) is 5.86. The van der Waals surface area contributed by atoms with Gasteiger partial charge < -0.3 is 5.32 Å². The average Bonchev–Trinajstić information content (AvgIpc) is 3.16. The second kappa shape index (κ2) is 5.20. The number of hydrogen-bond acceptors (Lipinski definition) is 3. The number of nitrogens with one attached hydrogen (secondary N) is 1. The Morgan fingerprint density at radius 1 is 1.38 bits per heavy atom. The van der Waals surface area contributed by atoms with Crippen molar-refractivity contribution in [1.82, 2.24) is 0 Å². The van der Waals surface area contributed by atoms with Crippen LogP contribution in [0.2, 0.25) is 0 Å². The zero-order valence-electron chi connectivity index (χ0n) is 11.8. The molecule has 0 spiro atoms. The molecule has 0 heterocycles. The van der Waals surface area contributed by atoms with Crippen molar-refractivity contribution < 1.29 is 18.1 Å². The number of hydrogen-bond donors (Lipinski definition) is 1. The van der Waals surface area contributed by atoms with E-state index in [9.17, 15) is 23.3 Å². The van der Waals surface area contributed by atoms with Crippen LogP contribution in [0.15, 0.2) is 18.2 Å². The molecule has 1 aliphatic carbocycles. The smallest absolute Gasteiger partial charge is 0.384 e.